The van der Waals surface area contributed by atoms with Crippen LogP contribution in [0.25, 0.3) is 22.8 Å². The van der Waals surface area contributed by atoms with Crippen molar-refractivity contribution in [2.45, 2.75) is 32.7 Å². The lowest BCUT2D eigenvalue weighted by atomic mass is 10.1. The van der Waals surface area contributed by atoms with Crippen LogP contribution >= 0.6 is 11.6 Å². The van der Waals surface area contributed by atoms with Crippen LogP contribution in [0.3, 0.4) is 0 Å². The van der Waals surface area contributed by atoms with Gasteiger partial charge in [-0.1, -0.05) is 46.2 Å². The molecule has 4 aromatic rings. The topological polar surface area (TPSA) is 98.2 Å². The Bertz CT molecular complexity index is 1300. The Hall–Kier alpha value is -3.52. The van der Waals surface area contributed by atoms with Gasteiger partial charge in [-0.05, 0) is 50.5 Å². The van der Waals surface area contributed by atoms with E-state index < -0.39 is 0 Å². The molecule has 5 rings (SSSR count). The maximum Gasteiger partial charge on any atom is 0.258 e. The maximum atomic E-state index is 13.5. The van der Waals surface area contributed by atoms with E-state index in [2.05, 4.69) is 20.3 Å². The molecule has 162 valence electrons. The molecule has 0 saturated carbocycles. The van der Waals surface area contributed by atoms with Crippen molar-refractivity contribution in [1.29, 1.82) is 0 Å². The van der Waals surface area contributed by atoms with E-state index in [4.69, 9.17) is 20.6 Å². The van der Waals surface area contributed by atoms with Gasteiger partial charge in [0.15, 0.2) is 5.82 Å². The van der Waals surface area contributed by atoms with Crippen LogP contribution in [0.2, 0.25) is 5.02 Å². The van der Waals surface area contributed by atoms with E-state index in [1.807, 2.05) is 37.3 Å². The zero-order chi connectivity index (χ0) is 22.2. The number of hydrogen-bond acceptors (Lipinski definition) is 7. The summed E-state index contributed by atoms with van der Waals surface area (Å²) in [5, 5.41) is 8.63. The Morgan fingerprint density at radius 2 is 1.84 bits per heavy atom. The van der Waals surface area contributed by atoms with Crippen molar-refractivity contribution < 1.29 is 13.8 Å². The molecule has 0 spiro atoms. The quantitative estimate of drug-likeness (QED) is 0.430. The normalized spacial score (nSPS) is 16.0. The zero-order valence-electron chi connectivity index (χ0n) is 17.6. The number of carbonyl (C=O) groups is 1. The number of benzene rings is 2. The molecule has 1 fully saturated rings. The number of carbonyl (C=O) groups excluding carboxylic acids is 1. The minimum absolute atomic E-state index is 0.141. The number of hydrogen-bond donors (Lipinski definition) is 0. The first kappa shape index (κ1) is 20.4. The van der Waals surface area contributed by atoms with Crippen LogP contribution in [0.15, 0.2) is 51.5 Å². The molecular formula is C23H20ClN5O3. The number of aryl methyl sites for hydroxylation is 1. The molecule has 0 aliphatic carbocycles. The Morgan fingerprint density at radius 1 is 1.03 bits per heavy atom. The van der Waals surface area contributed by atoms with Gasteiger partial charge in [-0.15, -0.1) is 0 Å². The van der Waals surface area contributed by atoms with Crippen molar-refractivity contribution in [2.75, 3.05) is 6.54 Å². The fraction of sp³-hybridized carbons (Fsp3) is 0.261. The van der Waals surface area contributed by atoms with Gasteiger partial charge < -0.3 is 13.9 Å². The summed E-state index contributed by atoms with van der Waals surface area (Å²) in [4.78, 5) is 24.2. The summed E-state index contributed by atoms with van der Waals surface area (Å²) in [6.45, 7) is 4.24. The minimum atomic E-state index is -0.305. The van der Waals surface area contributed by atoms with Crippen LogP contribution in [-0.2, 0) is 0 Å². The average molecular weight is 450 g/mol. The van der Waals surface area contributed by atoms with Crippen LogP contribution in [0.4, 0.5) is 0 Å². The van der Waals surface area contributed by atoms with E-state index in [9.17, 15) is 4.79 Å². The van der Waals surface area contributed by atoms with Gasteiger partial charge in [0.25, 0.3) is 11.8 Å². The van der Waals surface area contributed by atoms with Crippen molar-refractivity contribution in [2.24, 2.45) is 0 Å². The maximum absolute atomic E-state index is 13.5. The number of rotatable bonds is 4. The lowest BCUT2D eigenvalue weighted by Gasteiger charge is -2.22. The number of aromatic nitrogens is 4. The van der Waals surface area contributed by atoms with Crippen LogP contribution in [0.5, 0.6) is 0 Å². The molecule has 0 unspecified atom stereocenters. The van der Waals surface area contributed by atoms with Gasteiger partial charge in [0.1, 0.15) is 6.04 Å². The molecule has 1 atom stereocenters. The van der Waals surface area contributed by atoms with Crippen LogP contribution < -0.4 is 0 Å². The van der Waals surface area contributed by atoms with E-state index in [-0.39, 0.29) is 11.9 Å². The van der Waals surface area contributed by atoms with Crippen molar-refractivity contribution in [1.82, 2.24) is 25.2 Å². The largest absolute Gasteiger partial charge is 0.337 e. The van der Waals surface area contributed by atoms with E-state index in [0.717, 1.165) is 24.0 Å². The minimum Gasteiger partial charge on any atom is -0.337 e. The summed E-state index contributed by atoms with van der Waals surface area (Å²) in [5.41, 5.74) is 2.78. The molecule has 32 heavy (non-hydrogen) atoms. The van der Waals surface area contributed by atoms with Gasteiger partial charge in [-0.3, -0.25) is 4.79 Å². The van der Waals surface area contributed by atoms with Gasteiger partial charge in [-0.25, -0.2) is 0 Å². The second kappa shape index (κ2) is 8.20. The molecular weight excluding hydrogens is 430 g/mol. The Kier molecular flexibility index (Phi) is 5.22. The molecule has 1 aliphatic rings. The molecule has 8 nitrogen and oxygen atoms in total. The smallest absolute Gasteiger partial charge is 0.258 e. The van der Waals surface area contributed by atoms with Crippen molar-refractivity contribution in [3.05, 3.63) is 70.3 Å². The van der Waals surface area contributed by atoms with Crippen molar-refractivity contribution in [3.63, 3.8) is 0 Å². The molecule has 0 radical (unpaired) electrons. The van der Waals surface area contributed by atoms with Gasteiger partial charge in [0.2, 0.25) is 11.7 Å². The standard InChI is InChI=1S/C23H20ClN5O3/c1-13-15(9-5-10-18(13)24)20-26-22(32-28-20)19-11-6-12-29(19)23(30)17-8-4-3-7-16(17)21-25-14(2)27-31-21/h3-5,7-10,19H,6,11-12H2,1-2H3/t19-/m0/s1. The summed E-state index contributed by atoms with van der Waals surface area (Å²) in [6.07, 6.45) is 1.58. The molecule has 1 saturated heterocycles. The third-order valence-corrected chi connectivity index (χ3v) is 6.07. The highest BCUT2D eigenvalue weighted by Gasteiger charge is 2.36. The van der Waals surface area contributed by atoms with Crippen molar-refractivity contribution in [3.8, 4) is 22.8 Å². The summed E-state index contributed by atoms with van der Waals surface area (Å²) in [5.74, 6) is 1.56. The first-order valence-electron chi connectivity index (χ1n) is 10.3. The van der Waals surface area contributed by atoms with E-state index in [1.54, 1.807) is 24.0 Å². The Balaban J connectivity index is 1.46. The summed E-state index contributed by atoms with van der Waals surface area (Å²) in [6, 6.07) is 12.5. The number of amides is 1. The van der Waals surface area contributed by atoms with Crippen LogP contribution in [-0.4, -0.2) is 37.6 Å². The second-order valence-corrected chi connectivity index (χ2v) is 8.12. The molecule has 0 N–H and O–H groups in total. The molecule has 1 amide bonds. The van der Waals surface area contributed by atoms with Crippen molar-refractivity contribution >= 4 is 17.5 Å². The summed E-state index contributed by atoms with van der Waals surface area (Å²) < 4.78 is 10.9. The van der Waals surface area contributed by atoms with Gasteiger partial charge >= 0.3 is 0 Å². The zero-order valence-corrected chi connectivity index (χ0v) is 18.3. The lowest BCUT2D eigenvalue weighted by molar-refractivity contribution is 0.0710. The van der Waals surface area contributed by atoms with E-state index in [0.29, 0.717) is 46.1 Å². The van der Waals surface area contributed by atoms with Gasteiger partial charge in [-0.2, -0.15) is 9.97 Å². The predicted octanol–water partition coefficient (Wildman–Crippen LogP) is 5.03. The first-order valence-corrected chi connectivity index (χ1v) is 10.7. The van der Waals surface area contributed by atoms with Crippen LogP contribution in [0, 0.1) is 13.8 Å². The molecule has 3 heterocycles. The molecule has 0 bridgehead atoms. The average Bonchev–Trinajstić information content (AvgIpc) is 3.55. The van der Waals surface area contributed by atoms with Crippen LogP contribution in [0.1, 0.15) is 46.5 Å². The number of likely N-dealkylation sites (tertiary alicyclic amines) is 1. The fourth-order valence-electron chi connectivity index (χ4n) is 4.01. The SMILES string of the molecule is Cc1noc(-c2ccccc2C(=O)N2CCC[C@H]2c2nc(-c3cccc(Cl)c3C)no2)n1. The lowest BCUT2D eigenvalue weighted by Crippen LogP contribution is -2.31. The fourth-order valence-corrected chi connectivity index (χ4v) is 4.19. The molecule has 2 aromatic carbocycles. The third kappa shape index (κ3) is 3.56. The number of nitrogens with zero attached hydrogens (tertiary/aromatic N) is 5. The van der Waals surface area contributed by atoms with E-state index in [1.165, 1.54) is 0 Å². The molecule has 2 aromatic heterocycles. The highest BCUT2D eigenvalue weighted by molar-refractivity contribution is 6.31. The second-order valence-electron chi connectivity index (χ2n) is 7.72. The summed E-state index contributed by atoms with van der Waals surface area (Å²) in [7, 11) is 0. The summed E-state index contributed by atoms with van der Waals surface area (Å²) >= 11 is 6.24. The monoisotopic (exact) mass is 449 g/mol. The third-order valence-electron chi connectivity index (χ3n) is 5.66. The highest BCUT2D eigenvalue weighted by Crippen LogP contribution is 2.35. The van der Waals surface area contributed by atoms with E-state index >= 15 is 0 Å². The Morgan fingerprint density at radius 3 is 2.66 bits per heavy atom. The Labute approximate surface area is 189 Å². The van der Waals surface area contributed by atoms with Gasteiger partial charge in [0, 0.05) is 17.1 Å². The highest BCUT2D eigenvalue weighted by atomic mass is 35.5. The molecule has 9 heteroatoms. The predicted molar refractivity (Wildman–Crippen MR) is 117 cm³/mol. The van der Waals surface area contributed by atoms with Gasteiger partial charge in [0.05, 0.1) is 11.1 Å². The number of halogens is 1. The first-order chi connectivity index (χ1) is 15.5. The molecule has 1 aliphatic heterocycles.